The van der Waals surface area contributed by atoms with E-state index in [0.29, 0.717) is 11.7 Å². The van der Waals surface area contributed by atoms with E-state index in [-0.39, 0.29) is 23.5 Å². The summed E-state index contributed by atoms with van der Waals surface area (Å²) >= 11 is 1.60. The molecule has 0 saturated heterocycles. The standard InChI is InChI=1S/C12H19N3O2S/c1-7(9(6-16)18-2)13-10-5-11(17)15-12(14-10)8-3-4-8/h5,7-9,16H,3-4,6H2,1-2H3,(H2,13,14,15,17). The third kappa shape index (κ3) is 3.26. The Hall–Kier alpha value is -1.01. The van der Waals surface area contributed by atoms with Gasteiger partial charge in [-0.1, -0.05) is 0 Å². The topological polar surface area (TPSA) is 78.0 Å². The number of hydrogen-bond acceptors (Lipinski definition) is 5. The quantitative estimate of drug-likeness (QED) is 0.722. The molecule has 1 aromatic heterocycles. The van der Waals surface area contributed by atoms with Gasteiger partial charge in [0.05, 0.1) is 6.61 Å². The zero-order valence-corrected chi connectivity index (χ0v) is 11.5. The lowest BCUT2D eigenvalue weighted by molar-refractivity contribution is 0.288. The average molecular weight is 269 g/mol. The Bertz CT molecular complexity index is 455. The van der Waals surface area contributed by atoms with E-state index in [1.54, 1.807) is 11.8 Å². The van der Waals surface area contributed by atoms with Gasteiger partial charge in [0.2, 0.25) is 0 Å². The molecule has 1 aliphatic carbocycles. The van der Waals surface area contributed by atoms with Crippen molar-refractivity contribution >= 4 is 17.6 Å². The minimum absolute atomic E-state index is 0.0614. The summed E-state index contributed by atoms with van der Waals surface area (Å²) in [5.41, 5.74) is -0.119. The van der Waals surface area contributed by atoms with Crippen molar-refractivity contribution in [3.63, 3.8) is 0 Å². The Labute approximate surface area is 110 Å². The minimum atomic E-state index is -0.119. The normalized spacial score (nSPS) is 18.4. The molecule has 6 heteroatoms. The molecule has 0 aliphatic heterocycles. The molecule has 3 N–H and O–H groups in total. The molecule has 1 saturated carbocycles. The molecule has 18 heavy (non-hydrogen) atoms. The molecule has 1 aromatic rings. The number of aromatic nitrogens is 2. The number of aliphatic hydroxyl groups is 1. The number of anilines is 1. The molecule has 2 unspecified atom stereocenters. The van der Waals surface area contributed by atoms with Gasteiger partial charge in [0.15, 0.2) is 0 Å². The Morgan fingerprint density at radius 2 is 2.39 bits per heavy atom. The Morgan fingerprint density at radius 3 is 2.94 bits per heavy atom. The highest BCUT2D eigenvalue weighted by Gasteiger charge is 2.26. The zero-order chi connectivity index (χ0) is 13.1. The Kier molecular flexibility index (Phi) is 4.29. The van der Waals surface area contributed by atoms with E-state index in [1.807, 2.05) is 13.2 Å². The molecular weight excluding hydrogens is 250 g/mol. The fourth-order valence-corrected chi connectivity index (χ4v) is 2.49. The first-order valence-corrected chi connectivity index (χ1v) is 7.44. The second-order valence-electron chi connectivity index (χ2n) is 4.68. The summed E-state index contributed by atoms with van der Waals surface area (Å²) in [4.78, 5) is 18.8. The third-order valence-corrected chi connectivity index (χ3v) is 4.30. The molecule has 0 spiro atoms. The van der Waals surface area contributed by atoms with Crippen molar-refractivity contribution in [1.29, 1.82) is 0 Å². The van der Waals surface area contributed by atoms with Gasteiger partial charge >= 0.3 is 0 Å². The van der Waals surface area contributed by atoms with Gasteiger partial charge in [-0.05, 0) is 26.0 Å². The van der Waals surface area contributed by atoms with Gasteiger partial charge in [-0.2, -0.15) is 11.8 Å². The van der Waals surface area contributed by atoms with Crippen LogP contribution >= 0.6 is 11.8 Å². The lowest BCUT2D eigenvalue weighted by atomic mass is 10.2. The van der Waals surface area contributed by atoms with Crippen LogP contribution in [0.5, 0.6) is 0 Å². The second kappa shape index (κ2) is 5.75. The number of rotatable bonds is 6. The lowest BCUT2D eigenvalue weighted by Gasteiger charge is -2.21. The highest BCUT2D eigenvalue weighted by Crippen LogP contribution is 2.37. The molecule has 0 amide bonds. The summed E-state index contributed by atoms with van der Waals surface area (Å²) in [7, 11) is 0. The van der Waals surface area contributed by atoms with E-state index < -0.39 is 0 Å². The van der Waals surface area contributed by atoms with Gasteiger partial charge < -0.3 is 15.4 Å². The molecule has 2 atom stereocenters. The highest BCUT2D eigenvalue weighted by atomic mass is 32.2. The second-order valence-corrected chi connectivity index (χ2v) is 5.76. The summed E-state index contributed by atoms with van der Waals surface area (Å²) in [5.74, 6) is 1.80. The van der Waals surface area contributed by atoms with E-state index in [9.17, 15) is 9.90 Å². The van der Waals surface area contributed by atoms with Crippen LogP contribution < -0.4 is 10.9 Å². The maximum atomic E-state index is 11.5. The van der Waals surface area contributed by atoms with Gasteiger partial charge in [-0.25, -0.2) is 4.98 Å². The van der Waals surface area contributed by atoms with Gasteiger partial charge in [-0.3, -0.25) is 4.79 Å². The van der Waals surface area contributed by atoms with Crippen LogP contribution in [0.1, 0.15) is 31.5 Å². The number of aromatic amines is 1. The van der Waals surface area contributed by atoms with E-state index in [0.717, 1.165) is 18.7 Å². The Morgan fingerprint density at radius 1 is 1.67 bits per heavy atom. The van der Waals surface area contributed by atoms with Crippen LogP contribution in [0.4, 0.5) is 5.82 Å². The van der Waals surface area contributed by atoms with E-state index in [2.05, 4.69) is 15.3 Å². The Balaban J connectivity index is 2.10. The van der Waals surface area contributed by atoms with Crippen molar-refractivity contribution in [2.45, 2.75) is 37.0 Å². The maximum absolute atomic E-state index is 11.5. The van der Waals surface area contributed by atoms with E-state index in [1.165, 1.54) is 6.07 Å². The van der Waals surface area contributed by atoms with Crippen molar-refractivity contribution in [2.75, 3.05) is 18.2 Å². The SMILES string of the molecule is CSC(CO)C(C)Nc1cc(=O)[nH]c(C2CC2)n1. The number of nitrogens with zero attached hydrogens (tertiary/aromatic N) is 1. The van der Waals surface area contributed by atoms with Crippen molar-refractivity contribution in [3.8, 4) is 0 Å². The van der Waals surface area contributed by atoms with E-state index in [4.69, 9.17) is 0 Å². The van der Waals surface area contributed by atoms with E-state index >= 15 is 0 Å². The fourth-order valence-electron chi connectivity index (χ4n) is 1.86. The monoisotopic (exact) mass is 269 g/mol. The van der Waals surface area contributed by atoms with Crippen molar-refractivity contribution in [3.05, 3.63) is 22.2 Å². The first kappa shape index (κ1) is 13.4. The molecule has 0 bridgehead atoms. The van der Waals surface area contributed by atoms with Crippen LogP contribution in [0.3, 0.4) is 0 Å². The van der Waals surface area contributed by atoms with Crippen LogP contribution in [0.25, 0.3) is 0 Å². The summed E-state index contributed by atoms with van der Waals surface area (Å²) in [6, 6.07) is 1.53. The first-order valence-electron chi connectivity index (χ1n) is 6.15. The van der Waals surface area contributed by atoms with Crippen molar-refractivity contribution < 1.29 is 5.11 Å². The number of aliphatic hydroxyl groups excluding tert-OH is 1. The lowest BCUT2D eigenvalue weighted by Crippen LogP contribution is -2.32. The molecule has 0 radical (unpaired) electrons. The largest absolute Gasteiger partial charge is 0.395 e. The number of nitrogens with one attached hydrogen (secondary N) is 2. The summed E-state index contributed by atoms with van der Waals surface area (Å²) in [6.07, 6.45) is 4.16. The summed E-state index contributed by atoms with van der Waals surface area (Å²) in [6.45, 7) is 2.09. The van der Waals surface area contributed by atoms with Gasteiger partial charge in [0.25, 0.3) is 5.56 Å². The summed E-state index contributed by atoms with van der Waals surface area (Å²) < 4.78 is 0. The smallest absolute Gasteiger partial charge is 0.252 e. The maximum Gasteiger partial charge on any atom is 0.252 e. The van der Waals surface area contributed by atoms with Gasteiger partial charge in [-0.15, -0.1) is 0 Å². The predicted octanol–water partition coefficient (Wildman–Crippen LogP) is 1.17. The number of thioether (sulfide) groups is 1. The highest BCUT2D eigenvalue weighted by molar-refractivity contribution is 7.99. The molecule has 1 aliphatic rings. The summed E-state index contributed by atoms with van der Waals surface area (Å²) in [5, 5.41) is 12.5. The minimum Gasteiger partial charge on any atom is -0.395 e. The van der Waals surface area contributed by atoms with Crippen molar-refractivity contribution in [1.82, 2.24) is 9.97 Å². The number of hydrogen-bond donors (Lipinski definition) is 3. The first-order chi connectivity index (χ1) is 8.63. The van der Waals surface area contributed by atoms with Crippen LogP contribution in [0.2, 0.25) is 0 Å². The van der Waals surface area contributed by atoms with Gasteiger partial charge in [0, 0.05) is 23.3 Å². The van der Waals surface area contributed by atoms with Crippen molar-refractivity contribution in [2.24, 2.45) is 0 Å². The van der Waals surface area contributed by atoms with Crippen LogP contribution in [0, 0.1) is 0 Å². The predicted molar refractivity (Wildman–Crippen MR) is 74.3 cm³/mol. The molecule has 5 nitrogen and oxygen atoms in total. The fraction of sp³-hybridized carbons (Fsp3) is 0.667. The van der Waals surface area contributed by atoms with Gasteiger partial charge in [0.1, 0.15) is 11.6 Å². The molecule has 2 rings (SSSR count). The van der Waals surface area contributed by atoms with Crippen LogP contribution in [-0.2, 0) is 0 Å². The zero-order valence-electron chi connectivity index (χ0n) is 10.6. The van der Waals surface area contributed by atoms with Crippen LogP contribution in [-0.4, -0.2) is 39.2 Å². The van der Waals surface area contributed by atoms with Crippen LogP contribution in [0.15, 0.2) is 10.9 Å². The average Bonchev–Trinajstić information content (AvgIpc) is 3.13. The number of H-pyrrole nitrogens is 1. The molecule has 0 aromatic carbocycles. The third-order valence-electron chi connectivity index (χ3n) is 3.14. The molecule has 100 valence electrons. The molecule has 1 heterocycles. The molecular formula is C12H19N3O2S. The molecule has 1 fully saturated rings.